The third kappa shape index (κ3) is 4.19. The Bertz CT molecular complexity index is 1060. The minimum atomic E-state index is -0.00546. The van der Waals surface area contributed by atoms with Crippen LogP contribution in [0.1, 0.15) is 24.6 Å². The molecule has 0 aliphatic carbocycles. The first-order chi connectivity index (χ1) is 14.1. The molecule has 6 heteroatoms. The first-order valence-corrected chi connectivity index (χ1v) is 9.86. The SMILES string of the molecule is C[C@H]1C[C@@H](NC(=O)Cc2ccccn2)CN(c2ccc(C#N)c3ncccc23)C1. The van der Waals surface area contributed by atoms with E-state index in [-0.39, 0.29) is 18.4 Å². The van der Waals surface area contributed by atoms with Crippen LogP contribution in [0.5, 0.6) is 0 Å². The second-order valence-corrected chi connectivity index (χ2v) is 7.65. The summed E-state index contributed by atoms with van der Waals surface area (Å²) in [6.45, 7) is 3.84. The molecular weight excluding hydrogens is 362 g/mol. The van der Waals surface area contributed by atoms with Crippen LogP contribution in [-0.2, 0) is 11.2 Å². The maximum absolute atomic E-state index is 12.5. The van der Waals surface area contributed by atoms with Crippen LogP contribution in [0.2, 0.25) is 0 Å². The van der Waals surface area contributed by atoms with Gasteiger partial charge in [-0.3, -0.25) is 14.8 Å². The van der Waals surface area contributed by atoms with Crippen molar-refractivity contribution in [1.82, 2.24) is 15.3 Å². The van der Waals surface area contributed by atoms with Crippen molar-refractivity contribution in [2.24, 2.45) is 5.92 Å². The number of pyridine rings is 2. The highest BCUT2D eigenvalue weighted by molar-refractivity contribution is 5.95. The first-order valence-electron chi connectivity index (χ1n) is 9.86. The summed E-state index contributed by atoms with van der Waals surface area (Å²) < 4.78 is 0. The van der Waals surface area contributed by atoms with Crippen molar-refractivity contribution < 1.29 is 4.79 Å². The molecule has 1 aromatic carbocycles. The molecule has 2 aromatic heterocycles. The predicted molar refractivity (Wildman–Crippen MR) is 112 cm³/mol. The highest BCUT2D eigenvalue weighted by Gasteiger charge is 2.27. The van der Waals surface area contributed by atoms with Gasteiger partial charge in [0.1, 0.15) is 6.07 Å². The van der Waals surface area contributed by atoms with Gasteiger partial charge in [0.05, 0.1) is 17.5 Å². The number of carbonyl (C=O) groups excluding carboxylic acids is 1. The summed E-state index contributed by atoms with van der Waals surface area (Å²) >= 11 is 0. The van der Waals surface area contributed by atoms with E-state index in [0.29, 0.717) is 11.5 Å². The fourth-order valence-corrected chi connectivity index (χ4v) is 4.12. The number of amides is 1. The quantitative estimate of drug-likeness (QED) is 0.746. The number of aromatic nitrogens is 2. The summed E-state index contributed by atoms with van der Waals surface area (Å²) in [5.41, 5.74) is 3.13. The van der Waals surface area contributed by atoms with Gasteiger partial charge >= 0.3 is 0 Å². The fourth-order valence-electron chi connectivity index (χ4n) is 4.12. The summed E-state index contributed by atoms with van der Waals surface area (Å²) in [6.07, 6.45) is 4.65. The molecule has 29 heavy (non-hydrogen) atoms. The number of hydrogen-bond donors (Lipinski definition) is 1. The molecule has 1 saturated heterocycles. The molecule has 0 unspecified atom stereocenters. The third-order valence-electron chi connectivity index (χ3n) is 5.30. The lowest BCUT2D eigenvalue weighted by Crippen LogP contribution is -2.50. The standard InChI is InChI=1S/C23H23N5O/c1-16-11-19(27-22(29)12-18-5-2-3-9-25-18)15-28(14-16)21-8-7-17(13-24)23-20(21)6-4-10-26-23/h2-10,16,19H,11-12,14-15H2,1H3,(H,27,29)/t16-,19+/m0/s1. The number of rotatable bonds is 4. The van der Waals surface area contributed by atoms with Gasteiger partial charge in [0.15, 0.2) is 0 Å². The average molecular weight is 385 g/mol. The predicted octanol–water partition coefficient (Wildman–Crippen LogP) is 3.08. The minimum absolute atomic E-state index is 0.00546. The van der Waals surface area contributed by atoms with Gasteiger partial charge in [0, 0.05) is 48.3 Å². The molecule has 6 nitrogen and oxygen atoms in total. The molecular formula is C23H23N5O. The van der Waals surface area contributed by atoms with E-state index >= 15 is 0 Å². The monoisotopic (exact) mass is 385 g/mol. The molecule has 146 valence electrons. The van der Waals surface area contributed by atoms with E-state index in [9.17, 15) is 10.1 Å². The normalized spacial score (nSPS) is 19.0. The van der Waals surface area contributed by atoms with Crippen LogP contribution in [0, 0.1) is 17.2 Å². The maximum atomic E-state index is 12.5. The van der Waals surface area contributed by atoms with Crippen LogP contribution in [0.15, 0.2) is 54.9 Å². The van der Waals surface area contributed by atoms with E-state index in [2.05, 4.69) is 33.2 Å². The van der Waals surface area contributed by atoms with Gasteiger partial charge in [-0.1, -0.05) is 13.0 Å². The Labute approximate surface area is 170 Å². The molecule has 1 aliphatic rings. The number of anilines is 1. The van der Waals surface area contributed by atoms with Gasteiger partial charge in [-0.15, -0.1) is 0 Å². The average Bonchev–Trinajstić information content (AvgIpc) is 2.73. The number of carbonyl (C=O) groups is 1. The fraction of sp³-hybridized carbons (Fsp3) is 0.304. The Kier molecular flexibility index (Phi) is 5.39. The lowest BCUT2D eigenvalue weighted by atomic mass is 9.94. The molecule has 0 spiro atoms. The van der Waals surface area contributed by atoms with Crippen LogP contribution in [0.25, 0.3) is 10.9 Å². The van der Waals surface area contributed by atoms with Crippen molar-refractivity contribution in [3.63, 3.8) is 0 Å². The lowest BCUT2D eigenvalue weighted by molar-refractivity contribution is -0.121. The maximum Gasteiger partial charge on any atom is 0.226 e. The number of fused-ring (bicyclic) bond motifs is 1. The number of hydrogen-bond acceptors (Lipinski definition) is 5. The number of benzene rings is 1. The number of piperidine rings is 1. The number of nitrogens with zero attached hydrogens (tertiary/aromatic N) is 4. The van der Waals surface area contributed by atoms with Crippen molar-refractivity contribution in [2.75, 3.05) is 18.0 Å². The zero-order valence-electron chi connectivity index (χ0n) is 16.4. The van der Waals surface area contributed by atoms with E-state index in [4.69, 9.17) is 0 Å². The molecule has 1 N–H and O–H groups in total. The Hall–Kier alpha value is -3.46. The summed E-state index contributed by atoms with van der Waals surface area (Å²) in [4.78, 5) is 23.5. The van der Waals surface area contributed by atoms with E-state index < -0.39 is 0 Å². The van der Waals surface area contributed by atoms with Crippen LogP contribution in [-0.4, -0.2) is 35.0 Å². The van der Waals surface area contributed by atoms with Gasteiger partial charge in [-0.05, 0) is 48.7 Å². The summed E-state index contributed by atoms with van der Waals surface area (Å²) in [5, 5.41) is 13.5. The van der Waals surface area contributed by atoms with Crippen molar-refractivity contribution in [1.29, 1.82) is 5.26 Å². The zero-order chi connectivity index (χ0) is 20.2. The molecule has 1 fully saturated rings. The molecule has 4 rings (SSSR count). The van der Waals surface area contributed by atoms with Gasteiger partial charge in [-0.2, -0.15) is 5.26 Å². The van der Waals surface area contributed by atoms with Gasteiger partial charge < -0.3 is 10.2 Å². The topological polar surface area (TPSA) is 81.9 Å². The summed E-state index contributed by atoms with van der Waals surface area (Å²) in [6, 6.07) is 15.6. The molecule has 1 aliphatic heterocycles. The number of nitriles is 1. The van der Waals surface area contributed by atoms with Gasteiger partial charge in [0.2, 0.25) is 5.91 Å². The van der Waals surface area contributed by atoms with E-state index in [1.165, 1.54) is 0 Å². The lowest BCUT2D eigenvalue weighted by Gasteiger charge is -2.38. The molecule has 0 saturated carbocycles. The summed E-state index contributed by atoms with van der Waals surface area (Å²) in [7, 11) is 0. The smallest absolute Gasteiger partial charge is 0.226 e. The van der Waals surface area contributed by atoms with E-state index in [1.54, 1.807) is 12.4 Å². The van der Waals surface area contributed by atoms with Crippen molar-refractivity contribution in [2.45, 2.75) is 25.8 Å². The Balaban J connectivity index is 1.53. The van der Waals surface area contributed by atoms with Crippen LogP contribution in [0.3, 0.4) is 0 Å². The second-order valence-electron chi connectivity index (χ2n) is 7.65. The van der Waals surface area contributed by atoms with Crippen LogP contribution in [0.4, 0.5) is 5.69 Å². The Morgan fingerprint density at radius 3 is 2.83 bits per heavy atom. The van der Waals surface area contributed by atoms with E-state index in [1.807, 2.05) is 42.5 Å². The van der Waals surface area contributed by atoms with E-state index in [0.717, 1.165) is 41.8 Å². The molecule has 2 atom stereocenters. The Morgan fingerprint density at radius 1 is 1.17 bits per heavy atom. The third-order valence-corrected chi connectivity index (χ3v) is 5.30. The van der Waals surface area contributed by atoms with Crippen molar-refractivity contribution in [3.8, 4) is 6.07 Å². The van der Waals surface area contributed by atoms with Crippen LogP contribution < -0.4 is 10.2 Å². The highest BCUT2D eigenvalue weighted by atomic mass is 16.1. The Morgan fingerprint density at radius 2 is 2.03 bits per heavy atom. The highest BCUT2D eigenvalue weighted by Crippen LogP contribution is 2.31. The summed E-state index contributed by atoms with van der Waals surface area (Å²) in [5.74, 6) is 0.431. The van der Waals surface area contributed by atoms with Crippen molar-refractivity contribution >= 4 is 22.5 Å². The minimum Gasteiger partial charge on any atom is -0.369 e. The van der Waals surface area contributed by atoms with Crippen LogP contribution >= 0.6 is 0 Å². The molecule has 0 radical (unpaired) electrons. The largest absolute Gasteiger partial charge is 0.369 e. The molecule has 1 amide bonds. The van der Waals surface area contributed by atoms with Crippen molar-refractivity contribution in [3.05, 3.63) is 66.1 Å². The van der Waals surface area contributed by atoms with Gasteiger partial charge in [0.25, 0.3) is 0 Å². The molecule has 3 heterocycles. The first kappa shape index (κ1) is 18.9. The second kappa shape index (κ2) is 8.27. The molecule has 0 bridgehead atoms. The zero-order valence-corrected chi connectivity index (χ0v) is 16.4. The molecule has 3 aromatic rings. The number of nitrogens with one attached hydrogen (secondary N) is 1. The van der Waals surface area contributed by atoms with Gasteiger partial charge in [-0.25, -0.2) is 0 Å².